The number of likely N-dealkylation sites (tertiary alicyclic amines) is 1. The van der Waals surface area contributed by atoms with Crippen LogP contribution in [0.3, 0.4) is 0 Å². The Hall–Kier alpha value is -3.34. The van der Waals surface area contributed by atoms with E-state index in [0.717, 1.165) is 27.6 Å². The smallest absolute Gasteiger partial charge is 0.255 e. The van der Waals surface area contributed by atoms with Crippen LogP contribution < -0.4 is 10.6 Å². The molecule has 2 heterocycles. The van der Waals surface area contributed by atoms with E-state index in [4.69, 9.17) is 0 Å². The first kappa shape index (κ1) is 17.7. The van der Waals surface area contributed by atoms with Crippen molar-refractivity contribution in [1.82, 2.24) is 10.2 Å². The maximum atomic E-state index is 13.2. The Morgan fingerprint density at radius 3 is 2.55 bits per heavy atom. The number of hydrogen-bond acceptors (Lipinski definition) is 3. The van der Waals surface area contributed by atoms with Gasteiger partial charge in [-0.05, 0) is 35.9 Å². The molecule has 5 heteroatoms. The average molecular weight is 385 g/mol. The number of carbonyl (C=O) groups excluding carboxylic acids is 2. The zero-order valence-electron chi connectivity index (χ0n) is 16.4. The van der Waals surface area contributed by atoms with Gasteiger partial charge in [0.15, 0.2) is 0 Å². The van der Waals surface area contributed by atoms with E-state index in [1.54, 1.807) is 0 Å². The zero-order chi connectivity index (χ0) is 20.0. The number of piperidine rings is 1. The standard InChI is InChI=1S/C24H23N3O2/c1-16-9-10-21-20(15-16)22(28)26-24(25-21)11-13-27(14-12-24)23(29)19-8-4-6-17-5-2-3-7-18(17)19/h2-10,15,25H,11-14H2,1H3,(H,26,28). The van der Waals surface area contributed by atoms with Crippen LogP contribution >= 0.6 is 0 Å². The first-order valence-electron chi connectivity index (χ1n) is 10.0. The molecule has 0 atom stereocenters. The average Bonchev–Trinajstić information content (AvgIpc) is 2.74. The number of anilines is 1. The lowest BCUT2D eigenvalue weighted by molar-refractivity contribution is 0.0641. The zero-order valence-corrected chi connectivity index (χ0v) is 16.4. The summed E-state index contributed by atoms with van der Waals surface area (Å²) in [5.41, 5.74) is 2.86. The van der Waals surface area contributed by atoms with Gasteiger partial charge in [-0.25, -0.2) is 0 Å². The highest BCUT2D eigenvalue weighted by atomic mass is 16.2. The predicted molar refractivity (Wildman–Crippen MR) is 114 cm³/mol. The minimum Gasteiger partial charge on any atom is -0.362 e. The number of aryl methyl sites for hydroxylation is 1. The fourth-order valence-corrected chi connectivity index (χ4v) is 4.45. The number of rotatable bonds is 1. The fourth-order valence-electron chi connectivity index (χ4n) is 4.45. The molecule has 0 radical (unpaired) electrons. The summed E-state index contributed by atoms with van der Waals surface area (Å²) in [6.07, 6.45) is 1.34. The summed E-state index contributed by atoms with van der Waals surface area (Å²) in [6.45, 7) is 3.17. The van der Waals surface area contributed by atoms with Crippen LogP contribution in [0.2, 0.25) is 0 Å². The van der Waals surface area contributed by atoms with Crippen LogP contribution in [0.4, 0.5) is 5.69 Å². The molecule has 0 bridgehead atoms. The van der Waals surface area contributed by atoms with Gasteiger partial charge in [0.05, 0.1) is 5.56 Å². The molecule has 3 aromatic rings. The van der Waals surface area contributed by atoms with Gasteiger partial charge in [-0.15, -0.1) is 0 Å². The number of amides is 2. The molecule has 1 spiro atoms. The number of carbonyl (C=O) groups is 2. The van der Waals surface area contributed by atoms with Crippen LogP contribution in [0.15, 0.2) is 60.7 Å². The maximum absolute atomic E-state index is 13.2. The van der Waals surface area contributed by atoms with Gasteiger partial charge in [0.2, 0.25) is 0 Å². The Balaban J connectivity index is 1.36. The third-order valence-corrected chi connectivity index (χ3v) is 6.07. The first-order chi connectivity index (χ1) is 14.0. The quantitative estimate of drug-likeness (QED) is 0.667. The number of benzene rings is 3. The normalized spacial score (nSPS) is 17.6. The predicted octanol–water partition coefficient (Wildman–Crippen LogP) is 3.94. The van der Waals surface area contributed by atoms with E-state index in [2.05, 4.69) is 10.6 Å². The second-order valence-corrected chi connectivity index (χ2v) is 8.03. The molecule has 29 heavy (non-hydrogen) atoms. The van der Waals surface area contributed by atoms with Gasteiger partial charge in [0.25, 0.3) is 11.8 Å². The Labute approximate surface area is 169 Å². The number of hydrogen-bond donors (Lipinski definition) is 2. The fraction of sp³-hybridized carbons (Fsp3) is 0.250. The molecule has 0 aliphatic carbocycles. The van der Waals surface area contributed by atoms with Crippen molar-refractivity contribution in [2.75, 3.05) is 18.4 Å². The molecule has 5 nitrogen and oxygen atoms in total. The minimum atomic E-state index is -0.491. The van der Waals surface area contributed by atoms with Crippen LogP contribution in [0.5, 0.6) is 0 Å². The van der Waals surface area contributed by atoms with Crippen molar-refractivity contribution in [1.29, 1.82) is 0 Å². The van der Waals surface area contributed by atoms with Gasteiger partial charge >= 0.3 is 0 Å². The minimum absolute atomic E-state index is 0.0451. The van der Waals surface area contributed by atoms with E-state index >= 15 is 0 Å². The SMILES string of the molecule is Cc1ccc2c(c1)C(=O)NC1(CCN(C(=O)c3cccc4ccccc34)CC1)N2. The maximum Gasteiger partial charge on any atom is 0.255 e. The summed E-state index contributed by atoms with van der Waals surface area (Å²) >= 11 is 0. The molecule has 2 N–H and O–H groups in total. The summed E-state index contributed by atoms with van der Waals surface area (Å²) in [4.78, 5) is 27.8. The summed E-state index contributed by atoms with van der Waals surface area (Å²) < 4.78 is 0. The van der Waals surface area contributed by atoms with Crippen LogP contribution in [-0.2, 0) is 0 Å². The van der Waals surface area contributed by atoms with Gasteiger partial charge in [0.1, 0.15) is 5.66 Å². The highest BCUT2D eigenvalue weighted by Crippen LogP contribution is 2.32. The third-order valence-electron chi connectivity index (χ3n) is 6.07. The molecule has 1 saturated heterocycles. The molecule has 3 aromatic carbocycles. The number of fused-ring (bicyclic) bond motifs is 2. The van der Waals surface area contributed by atoms with Crippen molar-refractivity contribution in [3.8, 4) is 0 Å². The van der Waals surface area contributed by atoms with E-state index in [9.17, 15) is 9.59 Å². The summed E-state index contributed by atoms with van der Waals surface area (Å²) in [5, 5.41) is 8.73. The molecule has 0 saturated carbocycles. The molecule has 2 aliphatic heterocycles. The first-order valence-corrected chi connectivity index (χ1v) is 10.0. The van der Waals surface area contributed by atoms with Crippen LogP contribution in [0.25, 0.3) is 10.8 Å². The van der Waals surface area contributed by atoms with Crippen molar-refractivity contribution in [2.24, 2.45) is 0 Å². The summed E-state index contributed by atoms with van der Waals surface area (Å²) in [5.74, 6) is 0.00564. The molecule has 5 rings (SSSR count). The van der Waals surface area contributed by atoms with Crippen molar-refractivity contribution in [3.05, 3.63) is 77.4 Å². The van der Waals surface area contributed by atoms with E-state index < -0.39 is 5.66 Å². The largest absolute Gasteiger partial charge is 0.362 e. The van der Waals surface area contributed by atoms with Crippen LogP contribution in [-0.4, -0.2) is 35.5 Å². The van der Waals surface area contributed by atoms with Gasteiger partial charge < -0.3 is 15.5 Å². The molecule has 0 aromatic heterocycles. The summed E-state index contributed by atoms with van der Waals surface area (Å²) in [6, 6.07) is 19.7. The van der Waals surface area contributed by atoms with Gasteiger partial charge in [-0.2, -0.15) is 0 Å². The third kappa shape index (κ3) is 3.03. The van der Waals surface area contributed by atoms with Crippen LogP contribution in [0.1, 0.15) is 39.1 Å². The van der Waals surface area contributed by atoms with Gasteiger partial charge in [0, 0.05) is 37.2 Å². The highest BCUT2D eigenvalue weighted by molar-refractivity contribution is 6.07. The van der Waals surface area contributed by atoms with E-state index in [-0.39, 0.29) is 11.8 Å². The Bertz CT molecular complexity index is 1120. The lowest BCUT2D eigenvalue weighted by Crippen LogP contribution is -2.62. The Kier molecular flexibility index (Phi) is 4.05. The van der Waals surface area contributed by atoms with Crippen molar-refractivity contribution < 1.29 is 9.59 Å². The molecular weight excluding hydrogens is 362 g/mol. The van der Waals surface area contributed by atoms with Crippen molar-refractivity contribution in [3.63, 3.8) is 0 Å². The van der Waals surface area contributed by atoms with Gasteiger partial charge in [-0.1, -0.05) is 48.0 Å². The second-order valence-electron chi connectivity index (χ2n) is 8.03. The topological polar surface area (TPSA) is 61.4 Å². The molecule has 1 fully saturated rings. The molecule has 2 amide bonds. The highest BCUT2D eigenvalue weighted by Gasteiger charge is 2.41. The second kappa shape index (κ2) is 6.62. The monoisotopic (exact) mass is 385 g/mol. The summed E-state index contributed by atoms with van der Waals surface area (Å²) in [7, 11) is 0. The Morgan fingerprint density at radius 1 is 0.966 bits per heavy atom. The lowest BCUT2D eigenvalue weighted by Gasteiger charge is -2.46. The van der Waals surface area contributed by atoms with E-state index in [0.29, 0.717) is 31.5 Å². The number of nitrogens with zero attached hydrogens (tertiary/aromatic N) is 1. The van der Waals surface area contributed by atoms with Crippen molar-refractivity contribution >= 4 is 28.3 Å². The van der Waals surface area contributed by atoms with E-state index in [1.165, 1.54) is 0 Å². The molecule has 0 unspecified atom stereocenters. The molecule has 2 aliphatic rings. The Morgan fingerprint density at radius 2 is 1.72 bits per heavy atom. The van der Waals surface area contributed by atoms with E-state index in [1.807, 2.05) is 72.5 Å². The molecular formula is C24H23N3O2. The van der Waals surface area contributed by atoms with Gasteiger partial charge in [-0.3, -0.25) is 9.59 Å². The number of nitrogens with one attached hydrogen (secondary N) is 2. The van der Waals surface area contributed by atoms with Crippen molar-refractivity contribution in [2.45, 2.75) is 25.4 Å². The lowest BCUT2D eigenvalue weighted by atomic mass is 9.91. The molecule has 146 valence electrons. The van der Waals surface area contributed by atoms with Crippen LogP contribution in [0, 0.1) is 6.92 Å².